The van der Waals surface area contributed by atoms with Gasteiger partial charge < -0.3 is 10.4 Å². The molecule has 20 heavy (non-hydrogen) atoms. The van der Waals surface area contributed by atoms with Crippen molar-refractivity contribution in [1.82, 2.24) is 0 Å². The van der Waals surface area contributed by atoms with Gasteiger partial charge >= 0.3 is 0 Å². The number of hydrogen-bond donors (Lipinski definition) is 2. The number of aryl methyl sites for hydroxylation is 1. The molecular weight excluding hydrogens is 246 g/mol. The molecule has 2 rings (SSSR count). The Hall–Kier alpha value is -1.80. The lowest BCUT2D eigenvalue weighted by Gasteiger charge is -2.25. The molecule has 0 spiro atoms. The molecule has 2 atom stereocenters. The van der Waals surface area contributed by atoms with Crippen LogP contribution in [0.4, 0.5) is 5.69 Å². The molecule has 0 unspecified atom stereocenters. The largest absolute Gasteiger partial charge is 0.391 e. The third-order valence-electron chi connectivity index (χ3n) is 3.50. The number of para-hydroxylation sites is 1. The van der Waals surface area contributed by atoms with Crippen LogP contribution in [0.15, 0.2) is 54.6 Å². The number of hydrogen-bond acceptors (Lipinski definition) is 2. The van der Waals surface area contributed by atoms with Crippen molar-refractivity contribution >= 4 is 5.69 Å². The van der Waals surface area contributed by atoms with Crippen LogP contribution in [0, 0.1) is 6.92 Å². The second-order valence-electron chi connectivity index (χ2n) is 5.25. The Morgan fingerprint density at radius 3 is 2.25 bits per heavy atom. The summed E-state index contributed by atoms with van der Waals surface area (Å²) in [5.41, 5.74) is 3.39. The molecule has 0 aliphatic rings. The number of aliphatic hydroxyl groups excluding tert-OH is 1. The van der Waals surface area contributed by atoms with Crippen LogP contribution in [0.5, 0.6) is 0 Å². The van der Waals surface area contributed by atoms with Gasteiger partial charge in [-0.05, 0) is 31.0 Å². The Balaban J connectivity index is 2.22. The Morgan fingerprint density at radius 1 is 1.00 bits per heavy atom. The summed E-state index contributed by atoms with van der Waals surface area (Å²) < 4.78 is 0. The standard InChI is InChI=1S/C18H23NO/c1-3-7-17(20)18(15-12-10-14(2)11-13-15)19-16-8-5-4-6-9-16/h4-6,8-13,17-20H,3,7H2,1-2H3/t17-,18-/m0/s1. The van der Waals surface area contributed by atoms with Crippen LogP contribution < -0.4 is 5.32 Å². The highest BCUT2D eigenvalue weighted by Crippen LogP contribution is 2.25. The first-order chi connectivity index (χ1) is 9.70. The van der Waals surface area contributed by atoms with Gasteiger partial charge in [-0.2, -0.15) is 0 Å². The summed E-state index contributed by atoms with van der Waals surface area (Å²) in [7, 11) is 0. The van der Waals surface area contributed by atoms with Gasteiger partial charge in [-0.1, -0.05) is 61.4 Å². The molecule has 0 aliphatic heterocycles. The number of nitrogens with one attached hydrogen (secondary N) is 1. The number of aliphatic hydroxyl groups is 1. The van der Waals surface area contributed by atoms with Gasteiger partial charge in [0, 0.05) is 5.69 Å². The van der Waals surface area contributed by atoms with E-state index in [-0.39, 0.29) is 12.1 Å². The normalized spacial score (nSPS) is 13.8. The molecule has 0 bridgehead atoms. The molecule has 0 saturated heterocycles. The van der Waals surface area contributed by atoms with Crippen molar-refractivity contribution in [1.29, 1.82) is 0 Å². The molecule has 2 aromatic rings. The summed E-state index contributed by atoms with van der Waals surface area (Å²) in [4.78, 5) is 0. The SMILES string of the molecule is CCC[C@H](O)[C@@H](Nc1ccccc1)c1ccc(C)cc1. The van der Waals surface area contributed by atoms with Crippen LogP contribution in [-0.4, -0.2) is 11.2 Å². The predicted octanol–water partition coefficient (Wildman–Crippen LogP) is 4.31. The molecule has 2 heteroatoms. The van der Waals surface area contributed by atoms with E-state index < -0.39 is 0 Å². The van der Waals surface area contributed by atoms with Gasteiger partial charge in [-0.25, -0.2) is 0 Å². The van der Waals surface area contributed by atoms with E-state index in [2.05, 4.69) is 43.4 Å². The summed E-state index contributed by atoms with van der Waals surface area (Å²) in [6.45, 7) is 4.17. The van der Waals surface area contributed by atoms with Crippen molar-refractivity contribution < 1.29 is 5.11 Å². The third-order valence-corrected chi connectivity index (χ3v) is 3.50. The van der Waals surface area contributed by atoms with Gasteiger partial charge in [0.05, 0.1) is 12.1 Å². The molecule has 0 radical (unpaired) electrons. The zero-order valence-electron chi connectivity index (χ0n) is 12.2. The Morgan fingerprint density at radius 2 is 1.65 bits per heavy atom. The van der Waals surface area contributed by atoms with E-state index in [9.17, 15) is 5.11 Å². The van der Waals surface area contributed by atoms with E-state index in [0.29, 0.717) is 0 Å². The van der Waals surface area contributed by atoms with Gasteiger partial charge in [0.2, 0.25) is 0 Å². The molecule has 0 aromatic heterocycles. The van der Waals surface area contributed by atoms with E-state index in [1.54, 1.807) is 0 Å². The fraction of sp³-hybridized carbons (Fsp3) is 0.333. The minimum absolute atomic E-state index is 0.0713. The van der Waals surface area contributed by atoms with Gasteiger partial charge in [-0.15, -0.1) is 0 Å². The highest BCUT2D eigenvalue weighted by Gasteiger charge is 2.20. The van der Waals surface area contributed by atoms with Gasteiger partial charge in [0.25, 0.3) is 0 Å². The van der Waals surface area contributed by atoms with E-state index >= 15 is 0 Å². The van der Waals surface area contributed by atoms with Crippen LogP contribution in [0.25, 0.3) is 0 Å². The summed E-state index contributed by atoms with van der Waals surface area (Å²) in [6.07, 6.45) is 1.38. The van der Waals surface area contributed by atoms with Crippen molar-refractivity contribution in [2.75, 3.05) is 5.32 Å². The first-order valence-electron chi connectivity index (χ1n) is 7.27. The molecule has 2 N–H and O–H groups in total. The minimum atomic E-state index is -0.386. The molecule has 106 valence electrons. The highest BCUT2D eigenvalue weighted by molar-refractivity contribution is 5.45. The zero-order chi connectivity index (χ0) is 14.4. The molecule has 0 saturated carbocycles. The maximum atomic E-state index is 10.4. The smallest absolute Gasteiger partial charge is 0.0783 e. The molecule has 0 heterocycles. The van der Waals surface area contributed by atoms with E-state index in [4.69, 9.17) is 0 Å². The zero-order valence-corrected chi connectivity index (χ0v) is 12.2. The maximum absolute atomic E-state index is 10.4. The average Bonchev–Trinajstić information content (AvgIpc) is 2.47. The van der Waals surface area contributed by atoms with E-state index in [1.165, 1.54) is 5.56 Å². The number of anilines is 1. The summed E-state index contributed by atoms with van der Waals surface area (Å²) >= 11 is 0. The first-order valence-corrected chi connectivity index (χ1v) is 7.27. The van der Waals surface area contributed by atoms with Crippen molar-refractivity contribution in [2.24, 2.45) is 0 Å². The number of rotatable bonds is 6. The maximum Gasteiger partial charge on any atom is 0.0783 e. The van der Waals surface area contributed by atoms with Crippen LogP contribution >= 0.6 is 0 Å². The Kier molecular flexibility index (Phi) is 5.19. The fourth-order valence-electron chi connectivity index (χ4n) is 2.35. The lowest BCUT2D eigenvalue weighted by molar-refractivity contribution is 0.142. The van der Waals surface area contributed by atoms with Crippen molar-refractivity contribution in [3.05, 3.63) is 65.7 Å². The highest BCUT2D eigenvalue weighted by atomic mass is 16.3. The fourth-order valence-corrected chi connectivity index (χ4v) is 2.35. The molecule has 0 amide bonds. The van der Waals surface area contributed by atoms with E-state index in [0.717, 1.165) is 24.1 Å². The molecule has 0 aliphatic carbocycles. The predicted molar refractivity (Wildman–Crippen MR) is 84.9 cm³/mol. The molecule has 0 fully saturated rings. The lowest BCUT2D eigenvalue weighted by atomic mass is 9.97. The lowest BCUT2D eigenvalue weighted by Crippen LogP contribution is -2.25. The van der Waals surface area contributed by atoms with Crippen LogP contribution in [0.1, 0.15) is 36.9 Å². The quantitative estimate of drug-likeness (QED) is 0.819. The molecule has 2 aromatic carbocycles. The second-order valence-corrected chi connectivity index (χ2v) is 5.25. The van der Waals surface area contributed by atoms with Crippen molar-refractivity contribution in [3.63, 3.8) is 0 Å². The van der Waals surface area contributed by atoms with Crippen LogP contribution in [0.2, 0.25) is 0 Å². The summed E-state index contributed by atoms with van der Waals surface area (Å²) in [6, 6.07) is 18.3. The van der Waals surface area contributed by atoms with Gasteiger partial charge in [0.1, 0.15) is 0 Å². The van der Waals surface area contributed by atoms with Crippen molar-refractivity contribution in [3.8, 4) is 0 Å². The Bertz CT molecular complexity index is 507. The molecule has 2 nitrogen and oxygen atoms in total. The Labute approximate surface area is 121 Å². The van der Waals surface area contributed by atoms with Crippen LogP contribution in [-0.2, 0) is 0 Å². The van der Waals surface area contributed by atoms with Gasteiger partial charge in [-0.3, -0.25) is 0 Å². The van der Waals surface area contributed by atoms with E-state index in [1.807, 2.05) is 30.3 Å². The number of benzene rings is 2. The van der Waals surface area contributed by atoms with Crippen LogP contribution in [0.3, 0.4) is 0 Å². The minimum Gasteiger partial charge on any atom is -0.391 e. The molecular formula is C18H23NO. The first kappa shape index (κ1) is 14.6. The van der Waals surface area contributed by atoms with Gasteiger partial charge in [0.15, 0.2) is 0 Å². The monoisotopic (exact) mass is 269 g/mol. The second kappa shape index (κ2) is 7.11. The third kappa shape index (κ3) is 3.84. The summed E-state index contributed by atoms with van der Waals surface area (Å²) in [5, 5.41) is 13.9. The average molecular weight is 269 g/mol. The topological polar surface area (TPSA) is 32.3 Å². The van der Waals surface area contributed by atoms with Crippen molar-refractivity contribution in [2.45, 2.75) is 38.8 Å². The summed E-state index contributed by atoms with van der Waals surface area (Å²) in [5.74, 6) is 0.